The lowest BCUT2D eigenvalue weighted by Crippen LogP contribution is -2.14. The van der Waals surface area contributed by atoms with Crippen LogP contribution in [0, 0.1) is 6.92 Å². The van der Waals surface area contributed by atoms with Crippen LogP contribution in [-0.4, -0.2) is 22.9 Å². The summed E-state index contributed by atoms with van der Waals surface area (Å²) in [5.74, 6) is -0.242. The van der Waals surface area contributed by atoms with Gasteiger partial charge in [-0.1, -0.05) is 0 Å². The molecular formula is C13H14N4O. The molecule has 18 heavy (non-hydrogen) atoms. The number of carbonyl (C=O) groups is 1. The predicted octanol–water partition coefficient (Wildman–Crippen LogP) is 2.08. The Bertz CT molecular complexity index is 551. The number of anilines is 2. The van der Waals surface area contributed by atoms with Gasteiger partial charge in [-0.25, -0.2) is 4.98 Å². The predicted molar refractivity (Wildman–Crippen MR) is 70.7 cm³/mol. The Kier molecular flexibility index (Phi) is 3.52. The highest BCUT2D eigenvalue weighted by Gasteiger charge is 2.08. The third-order valence-electron chi connectivity index (χ3n) is 2.57. The summed E-state index contributed by atoms with van der Waals surface area (Å²) in [7, 11) is 1.80. The quantitative estimate of drug-likeness (QED) is 0.864. The maximum atomic E-state index is 11.9. The van der Waals surface area contributed by atoms with Crippen molar-refractivity contribution in [2.75, 3.05) is 17.7 Å². The molecule has 0 aliphatic rings. The van der Waals surface area contributed by atoms with Crippen molar-refractivity contribution in [2.24, 2.45) is 0 Å². The lowest BCUT2D eigenvalue weighted by molar-refractivity contribution is 0.102. The highest BCUT2D eigenvalue weighted by Crippen LogP contribution is 2.13. The van der Waals surface area contributed by atoms with E-state index in [-0.39, 0.29) is 5.91 Å². The average molecular weight is 242 g/mol. The molecule has 2 aromatic rings. The average Bonchev–Trinajstić information content (AvgIpc) is 2.41. The Labute approximate surface area is 105 Å². The lowest BCUT2D eigenvalue weighted by Gasteiger charge is -2.07. The van der Waals surface area contributed by atoms with Crippen molar-refractivity contribution in [1.29, 1.82) is 0 Å². The molecule has 0 fully saturated rings. The summed E-state index contributed by atoms with van der Waals surface area (Å²) in [6.45, 7) is 1.91. The van der Waals surface area contributed by atoms with Gasteiger partial charge in [0, 0.05) is 13.2 Å². The van der Waals surface area contributed by atoms with Gasteiger partial charge in [-0.3, -0.25) is 9.78 Å². The van der Waals surface area contributed by atoms with Gasteiger partial charge >= 0.3 is 0 Å². The first kappa shape index (κ1) is 12.0. The molecule has 0 aromatic carbocycles. The Balaban J connectivity index is 2.14. The molecule has 5 heteroatoms. The van der Waals surface area contributed by atoms with Gasteiger partial charge in [0.05, 0.1) is 23.8 Å². The van der Waals surface area contributed by atoms with Gasteiger partial charge in [-0.05, 0) is 30.7 Å². The van der Waals surface area contributed by atoms with Crippen LogP contribution in [0.2, 0.25) is 0 Å². The number of nitrogens with zero attached hydrogens (tertiary/aromatic N) is 2. The summed E-state index contributed by atoms with van der Waals surface area (Å²) in [6.07, 6.45) is 4.92. The molecule has 0 unspecified atom stereocenters. The Hall–Kier alpha value is -2.43. The molecule has 2 N–H and O–H groups in total. The molecule has 2 heterocycles. The number of aryl methyl sites for hydroxylation is 1. The number of hydrogen-bond donors (Lipinski definition) is 2. The van der Waals surface area contributed by atoms with Crippen LogP contribution in [0.5, 0.6) is 0 Å². The number of hydrogen-bond acceptors (Lipinski definition) is 4. The first-order valence-corrected chi connectivity index (χ1v) is 5.56. The third-order valence-corrected chi connectivity index (χ3v) is 2.57. The minimum Gasteiger partial charge on any atom is -0.387 e. The molecule has 0 aliphatic carbocycles. The largest absolute Gasteiger partial charge is 0.387 e. The number of rotatable bonds is 3. The van der Waals surface area contributed by atoms with E-state index in [1.165, 1.54) is 0 Å². The zero-order chi connectivity index (χ0) is 13.0. The molecule has 2 aromatic heterocycles. The summed E-state index contributed by atoms with van der Waals surface area (Å²) >= 11 is 0. The van der Waals surface area contributed by atoms with Gasteiger partial charge in [0.1, 0.15) is 5.69 Å². The van der Waals surface area contributed by atoms with Crippen LogP contribution in [0.3, 0.4) is 0 Å². The third kappa shape index (κ3) is 2.63. The Morgan fingerprint density at radius 1 is 1.22 bits per heavy atom. The van der Waals surface area contributed by atoms with Crippen LogP contribution in [0.1, 0.15) is 16.1 Å². The zero-order valence-electron chi connectivity index (χ0n) is 10.3. The molecule has 92 valence electrons. The molecule has 1 amide bonds. The highest BCUT2D eigenvalue weighted by molar-refractivity contribution is 6.03. The second-order valence-corrected chi connectivity index (χ2v) is 3.83. The fraction of sp³-hybridized carbons (Fsp3) is 0.154. The maximum Gasteiger partial charge on any atom is 0.274 e. The zero-order valence-corrected chi connectivity index (χ0v) is 10.3. The molecule has 5 nitrogen and oxygen atoms in total. The van der Waals surface area contributed by atoms with Gasteiger partial charge < -0.3 is 10.6 Å². The van der Waals surface area contributed by atoms with Crippen molar-refractivity contribution >= 4 is 17.3 Å². The van der Waals surface area contributed by atoms with E-state index in [2.05, 4.69) is 20.6 Å². The summed E-state index contributed by atoms with van der Waals surface area (Å²) in [5, 5.41) is 5.73. The molecule has 0 atom stereocenters. The minimum atomic E-state index is -0.242. The fourth-order valence-corrected chi connectivity index (χ4v) is 1.46. The molecule has 0 radical (unpaired) electrons. The maximum absolute atomic E-state index is 11.9. The lowest BCUT2D eigenvalue weighted by atomic mass is 10.2. The van der Waals surface area contributed by atoms with E-state index in [0.29, 0.717) is 11.4 Å². The second-order valence-electron chi connectivity index (χ2n) is 3.83. The molecule has 0 aliphatic heterocycles. The summed E-state index contributed by atoms with van der Waals surface area (Å²) in [6, 6.07) is 5.32. The number of amides is 1. The van der Waals surface area contributed by atoms with Crippen molar-refractivity contribution in [3.8, 4) is 0 Å². The summed E-state index contributed by atoms with van der Waals surface area (Å²) in [4.78, 5) is 20.0. The number of carbonyl (C=O) groups excluding carboxylic acids is 1. The van der Waals surface area contributed by atoms with Crippen LogP contribution in [-0.2, 0) is 0 Å². The normalized spacial score (nSPS) is 9.89. The SMILES string of the molecule is CNc1ccc(C(=O)Nc2cnccc2C)nc1. The first-order chi connectivity index (χ1) is 8.70. The van der Waals surface area contributed by atoms with Gasteiger partial charge in [0.2, 0.25) is 0 Å². The fourth-order valence-electron chi connectivity index (χ4n) is 1.46. The van der Waals surface area contributed by atoms with Gasteiger partial charge in [-0.15, -0.1) is 0 Å². The smallest absolute Gasteiger partial charge is 0.274 e. The van der Waals surface area contributed by atoms with Crippen LogP contribution in [0.15, 0.2) is 36.8 Å². The Morgan fingerprint density at radius 3 is 2.67 bits per heavy atom. The van der Waals surface area contributed by atoms with Crippen molar-refractivity contribution in [3.63, 3.8) is 0 Å². The van der Waals surface area contributed by atoms with E-state index in [9.17, 15) is 4.79 Å². The van der Waals surface area contributed by atoms with Gasteiger partial charge in [-0.2, -0.15) is 0 Å². The van der Waals surface area contributed by atoms with Gasteiger partial charge in [0.15, 0.2) is 0 Å². The van der Waals surface area contributed by atoms with Crippen LogP contribution in [0.4, 0.5) is 11.4 Å². The van der Waals surface area contributed by atoms with E-state index in [0.717, 1.165) is 11.3 Å². The van der Waals surface area contributed by atoms with E-state index < -0.39 is 0 Å². The highest BCUT2D eigenvalue weighted by atomic mass is 16.1. The monoisotopic (exact) mass is 242 g/mol. The van der Waals surface area contributed by atoms with Crippen molar-refractivity contribution in [2.45, 2.75) is 6.92 Å². The number of nitrogens with one attached hydrogen (secondary N) is 2. The Morgan fingerprint density at radius 2 is 2.06 bits per heavy atom. The van der Waals surface area contributed by atoms with Crippen molar-refractivity contribution in [3.05, 3.63) is 48.0 Å². The van der Waals surface area contributed by atoms with E-state index >= 15 is 0 Å². The van der Waals surface area contributed by atoms with Crippen LogP contribution < -0.4 is 10.6 Å². The summed E-state index contributed by atoms with van der Waals surface area (Å²) < 4.78 is 0. The molecule has 0 spiro atoms. The molecule has 2 rings (SSSR count). The topological polar surface area (TPSA) is 66.9 Å². The van der Waals surface area contributed by atoms with Crippen LogP contribution in [0.25, 0.3) is 0 Å². The second kappa shape index (κ2) is 5.27. The molecular weight excluding hydrogens is 228 g/mol. The number of pyridine rings is 2. The minimum absolute atomic E-state index is 0.242. The van der Waals surface area contributed by atoms with E-state index in [1.54, 1.807) is 37.8 Å². The molecule has 0 saturated heterocycles. The van der Waals surface area contributed by atoms with Crippen molar-refractivity contribution in [1.82, 2.24) is 9.97 Å². The molecule has 0 saturated carbocycles. The van der Waals surface area contributed by atoms with E-state index in [1.807, 2.05) is 13.0 Å². The van der Waals surface area contributed by atoms with Gasteiger partial charge in [0.25, 0.3) is 5.91 Å². The standard InChI is InChI=1S/C13H14N4O/c1-9-5-6-15-8-12(9)17-13(18)11-4-3-10(14-2)7-16-11/h3-8,14H,1-2H3,(H,17,18). The van der Waals surface area contributed by atoms with Crippen molar-refractivity contribution < 1.29 is 4.79 Å². The number of aromatic nitrogens is 2. The van der Waals surface area contributed by atoms with Crippen LogP contribution >= 0.6 is 0 Å². The summed E-state index contributed by atoms with van der Waals surface area (Å²) in [5.41, 5.74) is 2.90. The van der Waals surface area contributed by atoms with E-state index in [4.69, 9.17) is 0 Å². The molecule has 0 bridgehead atoms. The first-order valence-electron chi connectivity index (χ1n) is 5.56.